The van der Waals surface area contributed by atoms with Crippen molar-refractivity contribution in [3.63, 3.8) is 0 Å². The summed E-state index contributed by atoms with van der Waals surface area (Å²) in [4.78, 5) is 12.0. The van der Waals surface area contributed by atoms with Gasteiger partial charge in [-0.2, -0.15) is 0 Å². The van der Waals surface area contributed by atoms with Crippen molar-refractivity contribution in [1.82, 2.24) is 0 Å². The maximum atomic E-state index is 12.0. The van der Waals surface area contributed by atoms with Crippen molar-refractivity contribution >= 4 is 5.97 Å². The van der Waals surface area contributed by atoms with Crippen molar-refractivity contribution in [2.24, 2.45) is 11.8 Å². The van der Waals surface area contributed by atoms with Gasteiger partial charge in [0.25, 0.3) is 0 Å². The molecule has 3 nitrogen and oxygen atoms in total. The van der Waals surface area contributed by atoms with Gasteiger partial charge in [-0.15, -0.1) is 0 Å². The number of unbranched alkanes of at least 4 members (excludes halogenated alkanes) is 1. The van der Waals surface area contributed by atoms with Crippen LogP contribution in [-0.2, 0) is 9.53 Å². The summed E-state index contributed by atoms with van der Waals surface area (Å²) in [6, 6.07) is 0. The van der Waals surface area contributed by atoms with Crippen LogP contribution in [0.2, 0.25) is 0 Å². The molecule has 114 valence electrons. The lowest BCUT2D eigenvalue weighted by Gasteiger charge is -2.26. The average Bonchev–Trinajstić information content (AvgIpc) is 2.34. The molecule has 0 aliphatic rings. The predicted octanol–water partition coefficient (Wildman–Crippen LogP) is 3.93. The van der Waals surface area contributed by atoms with Gasteiger partial charge in [0.05, 0.1) is 12.0 Å². The van der Waals surface area contributed by atoms with E-state index < -0.39 is 6.10 Å². The standard InChI is InChI=1S/C16H32O3/c1-6-8-10-12(3)15(11-14(5)17)19-16(18)13(4)9-7-2/h12-15,17H,6-11H2,1-5H3/t12?,13?,14-,15+/m1/s1. The minimum absolute atomic E-state index is 0.0418. The lowest BCUT2D eigenvalue weighted by Crippen LogP contribution is -2.31. The van der Waals surface area contributed by atoms with E-state index in [1.165, 1.54) is 0 Å². The maximum absolute atomic E-state index is 12.0. The number of hydrogen-bond donors (Lipinski definition) is 1. The zero-order chi connectivity index (χ0) is 14.8. The van der Waals surface area contributed by atoms with E-state index in [1.54, 1.807) is 6.92 Å². The molecular weight excluding hydrogens is 240 g/mol. The molecule has 0 aromatic heterocycles. The minimum atomic E-state index is -0.427. The molecule has 0 aromatic rings. The molecule has 0 aromatic carbocycles. The summed E-state index contributed by atoms with van der Waals surface area (Å²) in [7, 11) is 0. The Balaban J connectivity index is 4.44. The van der Waals surface area contributed by atoms with Gasteiger partial charge in [0.15, 0.2) is 0 Å². The number of ether oxygens (including phenoxy) is 1. The van der Waals surface area contributed by atoms with E-state index in [-0.39, 0.29) is 18.0 Å². The Morgan fingerprint density at radius 1 is 1.11 bits per heavy atom. The van der Waals surface area contributed by atoms with E-state index in [9.17, 15) is 9.90 Å². The Labute approximate surface area is 118 Å². The quantitative estimate of drug-likeness (QED) is 0.613. The summed E-state index contributed by atoms with van der Waals surface area (Å²) in [5, 5.41) is 9.56. The predicted molar refractivity (Wildman–Crippen MR) is 78.9 cm³/mol. The lowest BCUT2D eigenvalue weighted by atomic mass is 9.94. The van der Waals surface area contributed by atoms with Crippen LogP contribution in [0.5, 0.6) is 0 Å². The minimum Gasteiger partial charge on any atom is -0.462 e. The molecule has 0 aliphatic heterocycles. The number of hydrogen-bond acceptors (Lipinski definition) is 3. The molecule has 0 aliphatic carbocycles. The highest BCUT2D eigenvalue weighted by Gasteiger charge is 2.25. The highest BCUT2D eigenvalue weighted by atomic mass is 16.5. The number of carbonyl (C=O) groups is 1. The fourth-order valence-corrected chi connectivity index (χ4v) is 2.26. The fourth-order valence-electron chi connectivity index (χ4n) is 2.26. The molecule has 4 atom stereocenters. The number of aliphatic hydroxyl groups is 1. The highest BCUT2D eigenvalue weighted by molar-refractivity contribution is 5.72. The van der Waals surface area contributed by atoms with Gasteiger partial charge in [-0.1, -0.05) is 47.0 Å². The molecule has 0 heterocycles. The molecular formula is C16H32O3. The second kappa shape index (κ2) is 10.2. The van der Waals surface area contributed by atoms with Crippen LogP contribution in [-0.4, -0.2) is 23.3 Å². The fraction of sp³-hybridized carbons (Fsp3) is 0.938. The van der Waals surface area contributed by atoms with Crippen LogP contribution in [0.1, 0.15) is 73.1 Å². The van der Waals surface area contributed by atoms with Gasteiger partial charge in [-0.25, -0.2) is 0 Å². The highest BCUT2D eigenvalue weighted by Crippen LogP contribution is 2.21. The Morgan fingerprint density at radius 3 is 2.21 bits per heavy atom. The zero-order valence-corrected chi connectivity index (χ0v) is 13.3. The van der Waals surface area contributed by atoms with Gasteiger partial charge < -0.3 is 9.84 Å². The van der Waals surface area contributed by atoms with Gasteiger partial charge in [0.2, 0.25) is 0 Å². The molecule has 0 saturated carbocycles. The van der Waals surface area contributed by atoms with Crippen LogP contribution in [0.25, 0.3) is 0 Å². The van der Waals surface area contributed by atoms with Gasteiger partial charge >= 0.3 is 5.97 Å². The molecule has 2 unspecified atom stereocenters. The van der Waals surface area contributed by atoms with E-state index in [0.717, 1.165) is 32.1 Å². The zero-order valence-electron chi connectivity index (χ0n) is 13.3. The van der Waals surface area contributed by atoms with Crippen molar-refractivity contribution in [3.8, 4) is 0 Å². The molecule has 1 N–H and O–H groups in total. The van der Waals surface area contributed by atoms with E-state index in [2.05, 4.69) is 20.8 Å². The van der Waals surface area contributed by atoms with Gasteiger partial charge in [0.1, 0.15) is 6.10 Å². The van der Waals surface area contributed by atoms with Crippen molar-refractivity contribution in [1.29, 1.82) is 0 Å². The summed E-state index contributed by atoms with van der Waals surface area (Å²) in [5.41, 5.74) is 0. The van der Waals surface area contributed by atoms with Gasteiger partial charge in [-0.3, -0.25) is 4.79 Å². The molecule has 0 saturated heterocycles. The Bertz CT molecular complexity index is 238. The Kier molecular flexibility index (Phi) is 9.94. The second-order valence-corrected chi connectivity index (χ2v) is 5.87. The summed E-state index contributed by atoms with van der Waals surface area (Å²) in [5.74, 6) is 0.156. The third-order valence-corrected chi connectivity index (χ3v) is 3.61. The third kappa shape index (κ3) is 8.25. The molecule has 0 amide bonds. The van der Waals surface area contributed by atoms with Crippen LogP contribution in [0.3, 0.4) is 0 Å². The molecule has 0 spiro atoms. The van der Waals surface area contributed by atoms with E-state index in [1.807, 2.05) is 6.92 Å². The summed E-state index contributed by atoms with van der Waals surface area (Å²) >= 11 is 0. The molecule has 0 fully saturated rings. The van der Waals surface area contributed by atoms with E-state index >= 15 is 0 Å². The first-order chi connectivity index (χ1) is 8.92. The lowest BCUT2D eigenvalue weighted by molar-refractivity contribution is -0.158. The summed E-state index contributed by atoms with van der Waals surface area (Å²) < 4.78 is 5.64. The number of esters is 1. The molecule has 19 heavy (non-hydrogen) atoms. The first-order valence-corrected chi connectivity index (χ1v) is 7.80. The Morgan fingerprint density at radius 2 is 1.74 bits per heavy atom. The number of rotatable bonds is 10. The molecule has 0 radical (unpaired) electrons. The SMILES string of the molecule is CCCCC(C)[C@H](C[C@@H](C)O)OC(=O)C(C)CCC. The summed E-state index contributed by atoms with van der Waals surface area (Å²) in [6.45, 7) is 10.0. The summed E-state index contributed by atoms with van der Waals surface area (Å²) in [6.07, 6.45) is 5.14. The van der Waals surface area contributed by atoms with Crippen LogP contribution >= 0.6 is 0 Å². The second-order valence-electron chi connectivity index (χ2n) is 5.87. The first kappa shape index (κ1) is 18.4. The molecule has 0 bridgehead atoms. The van der Waals surface area contributed by atoms with E-state index in [4.69, 9.17) is 4.74 Å². The van der Waals surface area contributed by atoms with Crippen molar-refractivity contribution in [2.45, 2.75) is 85.4 Å². The topological polar surface area (TPSA) is 46.5 Å². The molecule has 0 rings (SSSR count). The van der Waals surface area contributed by atoms with Crippen molar-refractivity contribution in [2.75, 3.05) is 0 Å². The number of carbonyl (C=O) groups excluding carboxylic acids is 1. The number of aliphatic hydroxyl groups excluding tert-OH is 1. The largest absolute Gasteiger partial charge is 0.462 e. The average molecular weight is 272 g/mol. The van der Waals surface area contributed by atoms with Crippen LogP contribution in [0.15, 0.2) is 0 Å². The Hall–Kier alpha value is -0.570. The van der Waals surface area contributed by atoms with Crippen molar-refractivity contribution in [3.05, 3.63) is 0 Å². The normalized spacial score (nSPS) is 17.6. The smallest absolute Gasteiger partial charge is 0.308 e. The van der Waals surface area contributed by atoms with Gasteiger partial charge in [0, 0.05) is 6.42 Å². The first-order valence-electron chi connectivity index (χ1n) is 7.80. The molecule has 3 heteroatoms. The van der Waals surface area contributed by atoms with E-state index in [0.29, 0.717) is 12.3 Å². The maximum Gasteiger partial charge on any atom is 0.308 e. The van der Waals surface area contributed by atoms with Crippen LogP contribution in [0, 0.1) is 11.8 Å². The van der Waals surface area contributed by atoms with Gasteiger partial charge in [-0.05, 0) is 25.7 Å². The monoisotopic (exact) mass is 272 g/mol. The van der Waals surface area contributed by atoms with Crippen LogP contribution in [0.4, 0.5) is 0 Å². The third-order valence-electron chi connectivity index (χ3n) is 3.61. The van der Waals surface area contributed by atoms with Crippen LogP contribution < -0.4 is 0 Å². The van der Waals surface area contributed by atoms with Crippen molar-refractivity contribution < 1.29 is 14.6 Å².